The Balaban J connectivity index is 2.06. The van der Waals surface area contributed by atoms with E-state index in [4.69, 9.17) is 10.5 Å². The molecule has 0 radical (unpaired) electrons. The Morgan fingerprint density at radius 3 is 2.53 bits per heavy atom. The van der Waals surface area contributed by atoms with Gasteiger partial charge >= 0.3 is 0 Å². The highest BCUT2D eigenvalue weighted by Gasteiger charge is 2.27. The van der Waals surface area contributed by atoms with Crippen LogP contribution in [0.2, 0.25) is 0 Å². The van der Waals surface area contributed by atoms with Gasteiger partial charge in [0.2, 0.25) is 0 Å². The third kappa shape index (κ3) is 1.71. The molecule has 2 atom stereocenters. The van der Waals surface area contributed by atoms with E-state index in [0.717, 1.165) is 11.3 Å². The summed E-state index contributed by atoms with van der Waals surface area (Å²) >= 11 is 0. The third-order valence-corrected chi connectivity index (χ3v) is 3.29. The van der Waals surface area contributed by atoms with Gasteiger partial charge in [-0.2, -0.15) is 0 Å². The summed E-state index contributed by atoms with van der Waals surface area (Å²) in [6.07, 6.45) is 0.0658. The molecular weight excluding hydrogens is 210 g/mol. The van der Waals surface area contributed by atoms with Gasteiger partial charge < -0.3 is 10.5 Å². The fourth-order valence-electron chi connectivity index (χ4n) is 2.25. The fourth-order valence-corrected chi connectivity index (χ4v) is 2.25. The Hall–Kier alpha value is -1.80. The maximum absolute atomic E-state index is 6.11. The van der Waals surface area contributed by atoms with Gasteiger partial charge in [0.05, 0.1) is 6.04 Å². The van der Waals surface area contributed by atoms with E-state index < -0.39 is 0 Å². The van der Waals surface area contributed by atoms with Crippen LogP contribution in [0.1, 0.15) is 18.5 Å². The number of fused-ring (bicyclic) bond motifs is 1. The smallest absolute Gasteiger partial charge is 0.124 e. The number of hydrogen-bond acceptors (Lipinski definition) is 2. The Kier molecular flexibility index (Phi) is 2.37. The minimum atomic E-state index is -0.0198. The molecule has 0 bridgehead atoms. The van der Waals surface area contributed by atoms with E-state index in [1.165, 1.54) is 11.1 Å². The van der Waals surface area contributed by atoms with E-state index in [-0.39, 0.29) is 12.1 Å². The molecule has 0 aliphatic carbocycles. The quantitative estimate of drug-likeness (QED) is 0.809. The Bertz CT molecular complexity index is 536. The van der Waals surface area contributed by atoms with Crippen molar-refractivity contribution in [3.05, 3.63) is 54.1 Å². The van der Waals surface area contributed by atoms with Crippen molar-refractivity contribution in [2.24, 2.45) is 5.73 Å². The number of nitrogens with two attached hydrogens (primary N) is 1. The first-order chi connectivity index (χ1) is 8.25. The first-order valence-electron chi connectivity index (χ1n) is 5.87. The molecule has 0 saturated heterocycles. The molecule has 86 valence electrons. The van der Waals surface area contributed by atoms with Crippen molar-refractivity contribution < 1.29 is 4.74 Å². The first-order valence-corrected chi connectivity index (χ1v) is 5.87. The standard InChI is InChI=1S/C15H15NO/c1-10-15(16)13-9-12(7-8-14(13)17-10)11-5-3-2-4-6-11/h2-10,15H,16H2,1H3. The van der Waals surface area contributed by atoms with E-state index in [1.54, 1.807) is 0 Å². The summed E-state index contributed by atoms with van der Waals surface area (Å²) in [6, 6.07) is 16.5. The van der Waals surface area contributed by atoms with E-state index in [9.17, 15) is 0 Å². The lowest BCUT2D eigenvalue weighted by Gasteiger charge is -2.08. The van der Waals surface area contributed by atoms with Crippen LogP contribution in [0, 0.1) is 0 Å². The van der Waals surface area contributed by atoms with Gasteiger partial charge in [0.25, 0.3) is 0 Å². The molecule has 1 aliphatic rings. The normalized spacial score (nSPS) is 22.0. The monoisotopic (exact) mass is 225 g/mol. The van der Waals surface area contributed by atoms with Gasteiger partial charge in [-0.3, -0.25) is 0 Å². The van der Waals surface area contributed by atoms with Crippen molar-refractivity contribution in [2.75, 3.05) is 0 Å². The van der Waals surface area contributed by atoms with Crippen LogP contribution >= 0.6 is 0 Å². The van der Waals surface area contributed by atoms with Gasteiger partial charge in [0.15, 0.2) is 0 Å². The third-order valence-electron chi connectivity index (χ3n) is 3.29. The van der Waals surface area contributed by atoms with Crippen LogP contribution in [0.5, 0.6) is 5.75 Å². The molecule has 2 unspecified atom stereocenters. The SMILES string of the molecule is CC1Oc2ccc(-c3ccccc3)cc2C1N. The second-order valence-corrected chi connectivity index (χ2v) is 4.47. The molecule has 2 heteroatoms. The number of ether oxygens (including phenoxy) is 1. The fraction of sp³-hybridized carbons (Fsp3) is 0.200. The Morgan fingerprint density at radius 2 is 1.76 bits per heavy atom. The molecule has 2 nitrogen and oxygen atoms in total. The average Bonchev–Trinajstić information content (AvgIpc) is 2.66. The first kappa shape index (κ1) is 10.4. The minimum Gasteiger partial charge on any atom is -0.488 e. The van der Waals surface area contributed by atoms with Gasteiger partial charge in [-0.15, -0.1) is 0 Å². The minimum absolute atomic E-state index is 0.0198. The van der Waals surface area contributed by atoms with Crippen LogP contribution in [-0.4, -0.2) is 6.10 Å². The second-order valence-electron chi connectivity index (χ2n) is 4.47. The van der Waals surface area contributed by atoms with Crippen LogP contribution in [0.4, 0.5) is 0 Å². The number of rotatable bonds is 1. The zero-order valence-electron chi connectivity index (χ0n) is 9.76. The van der Waals surface area contributed by atoms with Crippen molar-refractivity contribution in [3.8, 4) is 16.9 Å². The summed E-state index contributed by atoms with van der Waals surface area (Å²) in [5.74, 6) is 0.921. The average molecular weight is 225 g/mol. The number of benzene rings is 2. The van der Waals surface area contributed by atoms with E-state index in [2.05, 4.69) is 24.3 Å². The molecule has 17 heavy (non-hydrogen) atoms. The van der Waals surface area contributed by atoms with E-state index >= 15 is 0 Å². The van der Waals surface area contributed by atoms with Crippen LogP contribution < -0.4 is 10.5 Å². The van der Waals surface area contributed by atoms with Crippen LogP contribution in [0.25, 0.3) is 11.1 Å². The number of hydrogen-bond donors (Lipinski definition) is 1. The van der Waals surface area contributed by atoms with Crippen molar-refractivity contribution >= 4 is 0 Å². The molecule has 2 N–H and O–H groups in total. The zero-order chi connectivity index (χ0) is 11.8. The summed E-state index contributed by atoms with van der Waals surface area (Å²) in [4.78, 5) is 0. The molecule has 0 saturated carbocycles. The molecule has 2 aromatic carbocycles. The van der Waals surface area contributed by atoms with Gasteiger partial charge in [-0.05, 0) is 30.2 Å². The van der Waals surface area contributed by atoms with E-state index in [0.29, 0.717) is 0 Å². The Labute approximate surface area is 101 Å². The highest BCUT2D eigenvalue weighted by Crippen LogP contribution is 2.37. The molecule has 0 fully saturated rings. The molecule has 0 amide bonds. The summed E-state index contributed by atoms with van der Waals surface area (Å²) in [6.45, 7) is 2.01. The molecule has 0 spiro atoms. The predicted molar refractivity (Wildman–Crippen MR) is 68.9 cm³/mol. The summed E-state index contributed by atoms with van der Waals surface area (Å²) in [7, 11) is 0. The summed E-state index contributed by atoms with van der Waals surface area (Å²) in [5.41, 5.74) is 9.62. The van der Waals surface area contributed by atoms with Crippen molar-refractivity contribution in [1.82, 2.24) is 0 Å². The molecular formula is C15H15NO. The maximum atomic E-state index is 6.11. The lowest BCUT2D eigenvalue weighted by Crippen LogP contribution is -2.21. The van der Waals surface area contributed by atoms with Crippen LogP contribution in [0.15, 0.2) is 48.5 Å². The van der Waals surface area contributed by atoms with Crippen LogP contribution in [-0.2, 0) is 0 Å². The van der Waals surface area contributed by atoms with Gasteiger partial charge in [-0.1, -0.05) is 36.4 Å². The molecule has 3 rings (SSSR count). The lowest BCUT2D eigenvalue weighted by molar-refractivity contribution is 0.228. The van der Waals surface area contributed by atoms with E-state index in [1.807, 2.05) is 31.2 Å². The topological polar surface area (TPSA) is 35.2 Å². The van der Waals surface area contributed by atoms with Crippen molar-refractivity contribution in [1.29, 1.82) is 0 Å². The lowest BCUT2D eigenvalue weighted by atomic mass is 9.99. The van der Waals surface area contributed by atoms with Gasteiger partial charge in [0.1, 0.15) is 11.9 Å². The zero-order valence-corrected chi connectivity index (χ0v) is 9.76. The maximum Gasteiger partial charge on any atom is 0.124 e. The Morgan fingerprint density at radius 1 is 1.00 bits per heavy atom. The molecule has 1 aliphatic heterocycles. The molecule has 2 aromatic rings. The highest BCUT2D eigenvalue weighted by molar-refractivity contribution is 5.66. The summed E-state index contributed by atoms with van der Waals surface area (Å²) in [5, 5.41) is 0. The highest BCUT2D eigenvalue weighted by atomic mass is 16.5. The van der Waals surface area contributed by atoms with Gasteiger partial charge in [0, 0.05) is 5.56 Å². The molecule has 1 heterocycles. The predicted octanol–water partition coefficient (Wildman–Crippen LogP) is 3.13. The summed E-state index contributed by atoms with van der Waals surface area (Å²) < 4.78 is 5.68. The van der Waals surface area contributed by atoms with Gasteiger partial charge in [-0.25, -0.2) is 0 Å². The largest absolute Gasteiger partial charge is 0.488 e. The van der Waals surface area contributed by atoms with Crippen molar-refractivity contribution in [3.63, 3.8) is 0 Å². The second kappa shape index (κ2) is 3.90. The molecule has 0 aromatic heterocycles. The van der Waals surface area contributed by atoms with Crippen molar-refractivity contribution in [2.45, 2.75) is 19.1 Å². The van der Waals surface area contributed by atoms with Crippen LogP contribution in [0.3, 0.4) is 0 Å².